The van der Waals surface area contributed by atoms with Crippen LogP contribution in [0.1, 0.15) is 22.8 Å². The zero-order valence-corrected chi connectivity index (χ0v) is 15.9. The Morgan fingerprint density at radius 1 is 1.18 bits per heavy atom. The molecule has 2 aromatic rings. The lowest BCUT2D eigenvalue weighted by Crippen LogP contribution is -2.36. The summed E-state index contributed by atoms with van der Waals surface area (Å²) in [6, 6.07) is 14.2. The molecule has 7 nitrogen and oxygen atoms in total. The molecule has 1 heterocycles. The van der Waals surface area contributed by atoms with E-state index in [4.69, 9.17) is 5.11 Å². The van der Waals surface area contributed by atoms with E-state index in [0.29, 0.717) is 17.8 Å². The molecule has 0 aromatic heterocycles. The molecule has 3 amide bonds. The van der Waals surface area contributed by atoms with E-state index in [0.717, 1.165) is 17.7 Å². The van der Waals surface area contributed by atoms with Gasteiger partial charge in [-0.1, -0.05) is 31.2 Å². The summed E-state index contributed by atoms with van der Waals surface area (Å²) in [5.74, 6) is -1.74. The van der Waals surface area contributed by atoms with Crippen molar-refractivity contribution in [3.8, 4) is 0 Å². The van der Waals surface area contributed by atoms with Gasteiger partial charge in [0.15, 0.2) is 0 Å². The van der Waals surface area contributed by atoms with Gasteiger partial charge in [0.25, 0.3) is 5.91 Å². The second-order valence-electron chi connectivity index (χ2n) is 6.97. The molecule has 0 fully saturated rings. The lowest BCUT2D eigenvalue weighted by atomic mass is 10.1. The third-order valence-electron chi connectivity index (χ3n) is 4.81. The fourth-order valence-electron chi connectivity index (χ4n) is 3.23. The molecule has 0 saturated heterocycles. The first-order chi connectivity index (χ1) is 13.4. The van der Waals surface area contributed by atoms with Crippen LogP contribution in [0.25, 0.3) is 0 Å². The lowest BCUT2D eigenvalue weighted by Gasteiger charge is -2.21. The number of fused-ring (bicyclic) bond motifs is 1. The summed E-state index contributed by atoms with van der Waals surface area (Å²) in [5.41, 5.74) is 3.04. The van der Waals surface area contributed by atoms with Crippen LogP contribution in [0.5, 0.6) is 0 Å². The van der Waals surface area contributed by atoms with Crippen LogP contribution >= 0.6 is 0 Å². The third kappa shape index (κ3) is 4.14. The van der Waals surface area contributed by atoms with Crippen molar-refractivity contribution in [2.45, 2.75) is 13.3 Å². The van der Waals surface area contributed by atoms with Crippen molar-refractivity contribution in [2.75, 3.05) is 30.4 Å². The molecule has 0 saturated carbocycles. The Morgan fingerprint density at radius 2 is 1.93 bits per heavy atom. The summed E-state index contributed by atoms with van der Waals surface area (Å²) >= 11 is 0. The van der Waals surface area contributed by atoms with Gasteiger partial charge in [-0.25, -0.2) is 4.79 Å². The third-order valence-corrected chi connectivity index (χ3v) is 4.81. The predicted octanol–water partition coefficient (Wildman–Crippen LogP) is 3.07. The average molecular weight is 381 g/mol. The first-order valence-corrected chi connectivity index (χ1v) is 9.11. The number of nitrogens with one attached hydrogen (secondary N) is 1. The Kier molecular flexibility index (Phi) is 5.63. The van der Waals surface area contributed by atoms with Crippen LogP contribution in [0.3, 0.4) is 0 Å². The van der Waals surface area contributed by atoms with E-state index < -0.39 is 17.9 Å². The molecular formula is C21H23N3O4. The van der Waals surface area contributed by atoms with Gasteiger partial charge in [-0.2, -0.15) is 0 Å². The monoisotopic (exact) mass is 381 g/mol. The number of rotatable bonds is 5. The molecule has 0 spiro atoms. The van der Waals surface area contributed by atoms with Gasteiger partial charge >= 0.3 is 12.0 Å². The Balaban J connectivity index is 1.70. The van der Waals surface area contributed by atoms with Crippen LogP contribution in [-0.2, 0) is 11.2 Å². The van der Waals surface area contributed by atoms with Gasteiger partial charge in [0.1, 0.15) is 0 Å². The van der Waals surface area contributed by atoms with Crippen molar-refractivity contribution in [2.24, 2.45) is 5.92 Å². The molecule has 1 atom stereocenters. The molecule has 2 aromatic carbocycles. The number of para-hydroxylation sites is 1. The largest absolute Gasteiger partial charge is 0.481 e. The lowest BCUT2D eigenvalue weighted by molar-refractivity contribution is -0.141. The van der Waals surface area contributed by atoms with Gasteiger partial charge in [0.05, 0.1) is 5.92 Å². The number of urea groups is 1. The number of hydrogen-bond acceptors (Lipinski definition) is 3. The van der Waals surface area contributed by atoms with Gasteiger partial charge in [-0.3, -0.25) is 9.59 Å². The number of aliphatic carboxylic acids is 1. The minimum Gasteiger partial charge on any atom is -0.481 e. The smallest absolute Gasteiger partial charge is 0.321 e. The fraction of sp³-hybridized carbons (Fsp3) is 0.286. The number of carbonyl (C=O) groups excluding carboxylic acids is 2. The molecule has 146 valence electrons. The highest BCUT2D eigenvalue weighted by Gasteiger charge is 2.25. The number of benzene rings is 2. The maximum atomic E-state index is 12.9. The summed E-state index contributed by atoms with van der Waals surface area (Å²) < 4.78 is 0. The second-order valence-corrected chi connectivity index (χ2v) is 6.97. The zero-order valence-electron chi connectivity index (χ0n) is 15.9. The van der Waals surface area contributed by atoms with Crippen LogP contribution in [-0.4, -0.2) is 48.1 Å². The molecule has 3 rings (SSSR count). The number of nitrogens with zero attached hydrogens (tertiary/aromatic N) is 2. The van der Waals surface area contributed by atoms with E-state index in [1.54, 1.807) is 36.1 Å². The molecule has 1 aliphatic heterocycles. The summed E-state index contributed by atoms with van der Waals surface area (Å²) in [4.78, 5) is 39.2. The molecule has 2 N–H and O–H groups in total. The van der Waals surface area contributed by atoms with E-state index in [2.05, 4.69) is 5.32 Å². The van der Waals surface area contributed by atoms with Crippen LogP contribution < -0.4 is 10.2 Å². The van der Waals surface area contributed by atoms with Gasteiger partial charge in [-0.15, -0.1) is 0 Å². The van der Waals surface area contributed by atoms with Crippen molar-refractivity contribution in [3.05, 3.63) is 59.7 Å². The summed E-state index contributed by atoms with van der Waals surface area (Å²) in [6.07, 6.45) is 0.824. The predicted molar refractivity (Wildman–Crippen MR) is 107 cm³/mol. The maximum Gasteiger partial charge on any atom is 0.321 e. The highest BCUT2D eigenvalue weighted by atomic mass is 16.4. The number of hydrogen-bond donors (Lipinski definition) is 2. The first-order valence-electron chi connectivity index (χ1n) is 9.11. The molecule has 0 bridgehead atoms. The van der Waals surface area contributed by atoms with Crippen molar-refractivity contribution in [3.63, 3.8) is 0 Å². The Hall–Kier alpha value is -3.35. The van der Waals surface area contributed by atoms with Crippen molar-refractivity contribution < 1.29 is 19.5 Å². The van der Waals surface area contributed by atoms with E-state index >= 15 is 0 Å². The maximum absolute atomic E-state index is 12.9. The average Bonchev–Trinajstić information content (AvgIpc) is 3.11. The zero-order chi connectivity index (χ0) is 20.3. The topological polar surface area (TPSA) is 90.0 Å². The van der Waals surface area contributed by atoms with Crippen LogP contribution in [0.15, 0.2) is 48.5 Å². The number of carboxylic acid groups (broad SMARTS) is 1. The standard InChI is InChI=1S/C21H23N3O4/c1-14(20(26)27)13-23(2)21(28)22-17-8-5-7-16(12-17)19(25)24-11-10-15-6-3-4-9-18(15)24/h3-9,12,14H,10-11,13H2,1-2H3,(H,22,28)(H,26,27). The number of carboxylic acids is 1. The minimum absolute atomic E-state index is 0.0876. The van der Waals surface area contributed by atoms with Crippen molar-refractivity contribution in [1.82, 2.24) is 4.90 Å². The highest BCUT2D eigenvalue weighted by Crippen LogP contribution is 2.29. The molecule has 1 aliphatic rings. The van der Waals surface area contributed by atoms with E-state index in [-0.39, 0.29) is 12.5 Å². The molecule has 1 unspecified atom stereocenters. The van der Waals surface area contributed by atoms with Crippen molar-refractivity contribution in [1.29, 1.82) is 0 Å². The van der Waals surface area contributed by atoms with Gasteiger partial charge < -0.3 is 20.2 Å². The number of carbonyl (C=O) groups is 3. The number of amides is 3. The SMILES string of the molecule is CC(CN(C)C(=O)Nc1cccc(C(=O)N2CCc3ccccc32)c1)C(=O)O. The van der Waals surface area contributed by atoms with Gasteiger partial charge in [0, 0.05) is 37.1 Å². The number of anilines is 2. The first kappa shape index (κ1) is 19.4. The highest BCUT2D eigenvalue weighted by molar-refractivity contribution is 6.08. The van der Waals surface area contributed by atoms with Crippen LogP contribution in [0, 0.1) is 5.92 Å². The normalized spacial score (nSPS) is 13.6. The Bertz CT molecular complexity index is 912. The Labute approximate surface area is 163 Å². The van der Waals surface area contributed by atoms with Crippen molar-refractivity contribution >= 4 is 29.3 Å². The molecular weight excluding hydrogens is 358 g/mol. The van der Waals surface area contributed by atoms with Gasteiger partial charge in [0.2, 0.25) is 0 Å². The van der Waals surface area contributed by atoms with E-state index in [1.807, 2.05) is 24.3 Å². The molecule has 0 aliphatic carbocycles. The van der Waals surface area contributed by atoms with Crippen LogP contribution in [0.2, 0.25) is 0 Å². The summed E-state index contributed by atoms with van der Waals surface area (Å²) in [7, 11) is 1.53. The molecule has 7 heteroatoms. The van der Waals surface area contributed by atoms with Crippen LogP contribution in [0.4, 0.5) is 16.2 Å². The molecule has 28 heavy (non-hydrogen) atoms. The quantitative estimate of drug-likeness (QED) is 0.833. The van der Waals surface area contributed by atoms with E-state index in [9.17, 15) is 14.4 Å². The fourth-order valence-corrected chi connectivity index (χ4v) is 3.23. The Morgan fingerprint density at radius 3 is 2.68 bits per heavy atom. The van der Waals surface area contributed by atoms with E-state index in [1.165, 1.54) is 11.9 Å². The second kappa shape index (κ2) is 8.12. The minimum atomic E-state index is -0.960. The summed E-state index contributed by atoms with van der Waals surface area (Å²) in [5, 5.41) is 11.7. The summed E-state index contributed by atoms with van der Waals surface area (Å²) in [6.45, 7) is 2.26. The van der Waals surface area contributed by atoms with Gasteiger partial charge in [-0.05, 0) is 36.2 Å². The molecule has 0 radical (unpaired) electrons.